The zero-order valence-corrected chi connectivity index (χ0v) is 18.1. The van der Waals surface area contributed by atoms with Gasteiger partial charge in [-0.2, -0.15) is 4.52 Å². The highest BCUT2D eigenvalue weighted by Gasteiger charge is 2.14. The molecule has 4 rings (SSSR count). The minimum absolute atomic E-state index is 0.0354. The van der Waals surface area contributed by atoms with Crippen molar-refractivity contribution >= 4 is 11.6 Å². The second-order valence-electron chi connectivity index (χ2n) is 7.00. The molecule has 0 aliphatic carbocycles. The Labute approximate surface area is 189 Å². The van der Waals surface area contributed by atoms with Gasteiger partial charge in [-0.3, -0.25) is 4.79 Å². The molecule has 33 heavy (non-hydrogen) atoms. The first-order chi connectivity index (χ1) is 16.1. The molecule has 0 unspecified atom stereocenters. The zero-order chi connectivity index (χ0) is 23.2. The first-order valence-electron chi connectivity index (χ1n) is 10.2. The Hall–Kier alpha value is -4.21. The SMILES string of the molecule is COc1ccc(-c2nnc3ccc(OCCNC(=O)Cc4ccccc4F)nn23)cc1OC. The Morgan fingerprint density at radius 1 is 1.03 bits per heavy atom. The number of aromatic nitrogens is 4. The zero-order valence-electron chi connectivity index (χ0n) is 18.1. The molecule has 0 atom stereocenters. The summed E-state index contributed by atoms with van der Waals surface area (Å²) in [6.07, 6.45) is -0.0354. The monoisotopic (exact) mass is 451 g/mol. The van der Waals surface area contributed by atoms with E-state index < -0.39 is 5.82 Å². The number of ether oxygens (including phenoxy) is 3. The van der Waals surface area contributed by atoms with E-state index in [2.05, 4.69) is 20.6 Å². The van der Waals surface area contributed by atoms with E-state index >= 15 is 0 Å². The van der Waals surface area contributed by atoms with Crippen molar-refractivity contribution in [2.24, 2.45) is 0 Å². The maximum atomic E-state index is 13.7. The van der Waals surface area contributed by atoms with Gasteiger partial charge < -0.3 is 19.5 Å². The second-order valence-corrected chi connectivity index (χ2v) is 7.00. The second kappa shape index (κ2) is 9.94. The molecule has 2 aromatic carbocycles. The number of nitrogens with zero attached hydrogens (tertiary/aromatic N) is 4. The molecule has 0 bridgehead atoms. The Morgan fingerprint density at radius 2 is 1.85 bits per heavy atom. The summed E-state index contributed by atoms with van der Waals surface area (Å²) in [5.74, 6) is 1.32. The summed E-state index contributed by atoms with van der Waals surface area (Å²) in [6, 6.07) is 15.0. The Morgan fingerprint density at radius 3 is 2.64 bits per heavy atom. The van der Waals surface area contributed by atoms with Gasteiger partial charge in [-0.1, -0.05) is 18.2 Å². The van der Waals surface area contributed by atoms with Gasteiger partial charge in [-0.15, -0.1) is 15.3 Å². The number of rotatable bonds is 9. The normalized spacial score (nSPS) is 10.8. The van der Waals surface area contributed by atoms with E-state index in [4.69, 9.17) is 14.2 Å². The fourth-order valence-corrected chi connectivity index (χ4v) is 3.23. The molecule has 2 aromatic heterocycles. The number of benzene rings is 2. The van der Waals surface area contributed by atoms with Crippen LogP contribution in [0.3, 0.4) is 0 Å². The lowest BCUT2D eigenvalue weighted by Crippen LogP contribution is -2.29. The number of nitrogens with one attached hydrogen (secondary N) is 1. The lowest BCUT2D eigenvalue weighted by atomic mass is 10.1. The van der Waals surface area contributed by atoms with E-state index in [0.29, 0.717) is 34.4 Å². The molecule has 170 valence electrons. The first-order valence-corrected chi connectivity index (χ1v) is 10.2. The van der Waals surface area contributed by atoms with Gasteiger partial charge in [0.25, 0.3) is 0 Å². The van der Waals surface area contributed by atoms with Crippen LogP contribution in [0, 0.1) is 5.82 Å². The molecule has 1 N–H and O–H groups in total. The molecule has 4 aromatic rings. The number of methoxy groups -OCH3 is 2. The molecule has 0 aliphatic rings. The average molecular weight is 451 g/mol. The molecular formula is C23H22FN5O4. The highest BCUT2D eigenvalue weighted by Crippen LogP contribution is 2.31. The molecule has 0 radical (unpaired) electrons. The van der Waals surface area contributed by atoms with Crippen molar-refractivity contribution in [2.75, 3.05) is 27.4 Å². The quantitative estimate of drug-likeness (QED) is 0.391. The maximum absolute atomic E-state index is 13.7. The van der Waals surface area contributed by atoms with E-state index in [1.54, 1.807) is 61.2 Å². The minimum atomic E-state index is -0.402. The van der Waals surface area contributed by atoms with Crippen molar-refractivity contribution < 1.29 is 23.4 Å². The predicted molar refractivity (Wildman–Crippen MR) is 118 cm³/mol. The standard InChI is InChI=1S/C23H22FN5O4/c1-31-18-8-7-16(13-19(18)32-2)23-27-26-20-9-10-22(28-29(20)23)33-12-11-25-21(30)14-15-5-3-4-6-17(15)24/h3-10,13H,11-12,14H2,1-2H3,(H,25,30). The molecule has 9 nitrogen and oxygen atoms in total. The van der Waals surface area contributed by atoms with Crippen LogP contribution < -0.4 is 19.5 Å². The van der Waals surface area contributed by atoms with E-state index in [1.165, 1.54) is 6.07 Å². The lowest BCUT2D eigenvalue weighted by Gasteiger charge is -2.09. The fourth-order valence-electron chi connectivity index (χ4n) is 3.23. The topological polar surface area (TPSA) is 99.9 Å². The molecule has 1 amide bonds. The largest absolute Gasteiger partial charge is 0.493 e. The third-order valence-corrected chi connectivity index (χ3v) is 4.86. The Bertz CT molecular complexity index is 1280. The van der Waals surface area contributed by atoms with Gasteiger partial charge in [-0.05, 0) is 35.9 Å². The summed E-state index contributed by atoms with van der Waals surface area (Å²) >= 11 is 0. The number of hydrogen-bond donors (Lipinski definition) is 1. The summed E-state index contributed by atoms with van der Waals surface area (Å²) in [6.45, 7) is 0.438. The summed E-state index contributed by atoms with van der Waals surface area (Å²) in [5.41, 5.74) is 1.63. The van der Waals surface area contributed by atoms with Gasteiger partial charge in [0.1, 0.15) is 12.4 Å². The van der Waals surface area contributed by atoms with Crippen LogP contribution >= 0.6 is 0 Å². The number of hydrogen-bond acceptors (Lipinski definition) is 7. The Kier molecular flexibility index (Phi) is 6.63. The third kappa shape index (κ3) is 5.00. The molecule has 0 fully saturated rings. The van der Waals surface area contributed by atoms with E-state index in [-0.39, 0.29) is 25.5 Å². The van der Waals surface area contributed by atoms with Crippen LogP contribution in [0.4, 0.5) is 4.39 Å². The first kappa shape index (κ1) is 22.0. The van der Waals surface area contributed by atoms with Crippen molar-refractivity contribution in [3.63, 3.8) is 0 Å². The smallest absolute Gasteiger partial charge is 0.231 e. The van der Waals surface area contributed by atoms with Gasteiger partial charge in [0.2, 0.25) is 11.8 Å². The summed E-state index contributed by atoms with van der Waals surface area (Å²) in [5, 5.41) is 15.5. The van der Waals surface area contributed by atoms with E-state index in [9.17, 15) is 9.18 Å². The highest BCUT2D eigenvalue weighted by molar-refractivity contribution is 5.78. The average Bonchev–Trinajstić information content (AvgIpc) is 3.26. The molecular weight excluding hydrogens is 429 g/mol. The van der Waals surface area contributed by atoms with Gasteiger partial charge in [-0.25, -0.2) is 4.39 Å². The summed E-state index contributed by atoms with van der Waals surface area (Å²) < 4.78 is 31.5. The van der Waals surface area contributed by atoms with E-state index in [0.717, 1.165) is 5.56 Å². The number of halogens is 1. The van der Waals surface area contributed by atoms with Crippen LogP contribution in [0.2, 0.25) is 0 Å². The van der Waals surface area contributed by atoms with Gasteiger partial charge in [0.15, 0.2) is 23.0 Å². The molecule has 0 saturated carbocycles. The van der Waals surface area contributed by atoms with Gasteiger partial charge in [0, 0.05) is 11.6 Å². The third-order valence-electron chi connectivity index (χ3n) is 4.86. The van der Waals surface area contributed by atoms with Crippen LogP contribution in [0.25, 0.3) is 17.0 Å². The predicted octanol–water partition coefficient (Wildman–Crippen LogP) is 2.69. The molecule has 10 heteroatoms. The van der Waals surface area contributed by atoms with Crippen LogP contribution in [0.5, 0.6) is 17.4 Å². The van der Waals surface area contributed by atoms with E-state index in [1.807, 2.05) is 6.07 Å². The van der Waals surface area contributed by atoms with Crippen LogP contribution in [-0.4, -0.2) is 53.1 Å². The number of fused-ring (bicyclic) bond motifs is 1. The van der Waals surface area contributed by atoms with Crippen LogP contribution in [-0.2, 0) is 11.2 Å². The van der Waals surface area contributed by atoms with Gasteiger partial charge in [0.05, 0.1) is 27.2 Å². The minimum Gasteiger partial charge on any atom is -0.493 e. The van der Waals surface area contributed by atoms with Crippen molar-refractivity contribution in [1.82, 2.24) is 25.1 Å². The summed E-state index contributed by atoms with van der Waals surface area (Å²) in [4.78, 5) is 12.0. The van der Waals surface area contributed by atoms with Crippen molar-refractivity contribution in [3.05, 3.63) is 66.0 Å². The van der Waals surface area contributed by atoms with Crippen molar-refractivity contribution in [1.29, 1.82) is 0 Å². The summed E-state index contributed by atoms with van der Waals surface area (Å²) in [7, 11) is 3.13. The highest BCUT2D eigenvalue weighted by atomic mass is 19.1. The fraction of sp³-hybridized carbons (Fsp3) is 0.217. The molecule has 0 aliphatic heterocycles. The van der Waals surface area contributed by atoms with Crippen molar-refractivity contribution in [2.45, 2.75) is 6.42 Å². The maximum Gasteiger partial charge on any atom is 0.231 e. The number of carbonyl (C=O) groups excluding carboxylic acids is 1. The number of amides is 1. The molecule has 0 spiro atoms. The lowest BCUT2D eigenvalue weighted by molar-refractivity contribution is -0.120. The van der Waals surface area contributed by atoms with Gasteiger partial charge >= 0.3 is 0 Å². The molecule has 2 heterocycles. The van der Waals surface area contributed by atoms with Crippen molar-refractivity contribution in [3.8, 4) is 28.8 Å². The van der Waals surface area contributed by atoms with Crippen LogP contribution in [0.15, 0.2) is 54.6 Å². The molecule has 0 saturated heterocycles. The number of carbonyl (C=O) groups is 1. The van der Waals surface area contributed by atoms with Crippen LogP contribution in [0.1, 0.15) is 5.56 Å². The Balaban J connectivity index is 1.39.